The second-order valence-corrected chi connectivity index (χ2v) is 8.64. The van der Waals surface area contributed by atoms with Gasteiger partial charge in [-0.2, -0.15) is 0 Å². The van der Waals surface area contributed by atoms with Gasteiger partial charge < -0.3 is 4.74 Å². The molecule has 3 aromatic rings. The second-order valence-electron chi connectivity index (χ2n) is 6.32. The highest BCUT2D eigenvalue weighted by atomic mass is 32.1. The van der Waals surface area contributed by atoms with Crippen LogP contribution >= 0.6 is 22.7 Å². The second kappa shape index (κ2) is 7.50. The molecule has 3 nitrogen and oxygen atoms in total. The number of hydrogen-bond acceptors (Lipinski definition) is 5. The summed E-state index contributed by atoms with van der Waals surface area (Å²) in [6.45, 7) is 8.50. The molecular formula is C20H21NO2S2. The van der Waals surface area contributed by atoms with E-state index in [1.54, 1.807) is 22.7 Å². The minimum atomic E-state index is -0.280. The van der Waals surface area contributed by atoms with E-state index in [2.05, 4.69) is 43.1 Å². The molecule has 0 bridgehead atoms. The molecule has 0 atom stereocenters. The van der Waals surface area contributed by atoms with Crippen LogP contribution in [0.3, 0.4) is 0 Å². The van der Waals surface area contributed by atoms with Crippen LogP contribution in [-0.2, 0) is 11.3 Å². The first kappa shape index (κ1) is 17.8. The highest BCUT2D eigenvalue weighted by molar-refractivity contribution is 7.13. The number of thiophene rings is 1. The summed E-state index contributed by atoms with van der Waals surface area (Å²) in [5.74, 6) is 0.238. The number of ether oxygens (including phenoxy) is 1. The Labute approximate surface area is 156 Å². The molecule has 2 heterocycles. The van der Waals surface area contributed by atoms with Crippen molar-refractivity contribution in [1.82, 2.24) is 4.98 Å². The van der Waals surface area contributed by atoms with Gasteiger partial charge in [-0.3, -0.25) is 0 Å². The molecule has 0 saturated carbocycles. The van der Waals surface area contributed by atoms with Gasteiger partial charge in [-0.15, -0.1) is 22.7 Å². The number of aryl methyl sites for hydroxylation is 2. The van der Waals surface area contributed by atoms with Crippen LogP contribution < -0.4 is 0 Å². The number of nitrogens with zero attached hydrogens (tertiary/aromatic N) is 1. The fourth-order valence-electron chi connectivity index (χ4n) is 2.57. The summed E-state index contributed by atoms with van der Waals surface area (Å²) in [4.78, 5) is 18.9. The Morgan fingerprint density at radius 1 is 1.20 bits per heavy atom. The van der Waals surface area contributed by atoms with Gasteiger partial charge in [-0.05, 0) is 31.4 Å². The van der Waals surface area contributed by atoms with Gasteiger partial charge in [0.2, 0.25) is 0 Å². The van der Waals surface area contributed by atoms with Crippen LogP contribution in [0.5, 0.6) is 0 Å². The van der Waals surface area contributed by atoms with Crippen molar-refractivity contribution in [3.05, 3.63) is 62.3 Å². The largest absolute Gasteiger partial charge is 0.456 e. The zero-order valence-corrected chi connectivity index (χ0v) is 16.5. The molecule has 0 amide bonds. The van der Waals surface area contributed by atoms with Crippen LogP contribution in [-0.4, -0.2) is 11.0 Å². The van der Waals surface area contributed by atoms with E-state index >= 15 is 0 Å². The highest BCUT2D eigenvalue weighted by Gasteiger charge is 2.14. The number of esters is 1. The van der Waals surface area contributed by atoms with E-state index < -0.39 is 0 Å². The van der Waals surface area contributed by atoms with Crippen molar-refractivity contribution in [2.45, 2.75) is 40.2 Å². The molecule has 5 heteroatoms. The molecule has 0 radical (unpaired) electrons. The Morgan fingerprint density at radius 2 is 1.92 bits per heavy atom. The topological polar surface area (TPSA) is 39.2 Å². The van der Waals surface area contributed by atoms with Crippen LogP contribution in [0.1, 0.15) is 51.1 Å². The number of aromatic nitrogens is 1. The van der Waals surface area contributed by atoms with Crippen LogP contribution in [0.2, 0.25) is 0 Å². The van der Waals surface area contributed by atoms with Crippen molar-refractivity contribution in [1.29, 1.82) is 0 Å². The van der Waals surface area contributed by atoms with Gasteiger partial charge in [0, 0.05) is 20.7 Å². The molecule has 0 N–H and O–H groups in total. The Hall–Kier alpha value is -1.98. The van der Waals surface area contributed by atoms with Gasteiger partial charge in [0.25, 0.3) is 0 Å². The summed E-state index contributed by atoms with van der Waals surface area (Å²) in [6, 6.07) is 10.4. The molecule has 3 rings (SSSR count). The number of thiazole rings is 1. The molecule has 1 aromatic carbocycles. The lowest BCUT2D eigenvalue weighted by Gasteiger charge is -2.05. The van der Waals surface area contributed by atoms with E-state index in [1.165, 1.54) is 5.56 Å². The van der Waals surface area contributed by atoms with Crippen LogP contribution in [0, 0.1) is 13.8 Å². The Bertz CT molecular complexity index is 875. The zero-order valence-electron chi connectivity index (χ0n) is 14.8. The summed E-state index contributed by atoms with van der Waals surface area (Å²) in [6.07, 6.45) is 0. The van der Waals surface area contributed by atoms with Gasteiger partial charge in [0.1, 0.15) is 11.6 Å². The smallest absolute Gasteiger partial charge is 0.339 e. The third-order valence-electron chi connectivity index (χ3n) is 3.99. The molecule has 25 heavy (non-hydrogen) atoms. The average molecular weight is 372 g/mol. The molecule has 0 aliphatic heterocycles. The first-order valence-corrected chi connectivity index (χ1v) is 9.92. The molecule has 0 fully saturated rings. The maximum absolute atomic E-state index is 12.2. The average Bonchev–Trinajstić information content (AvgIpc) is 3.19. The summed E-state index contributed by atoms with van der Waals surface area (Å²) >= 11 is 3.18. The molecule has 130 valence electrons. The van der Waals surface area contributed by atoms with Gasteiger partial charge in [0.05, 0.1) is 11.3 Å². The quantitative estimate of drug-likeness (QED) is 0.519. The molecule has 0 spiro atoms. The molecular weight excluding hydrogens is 350 g/mol. The van der Waals surface area contributed by atoms with Gasteiger partial charge in [-0.25, -0.2) is 9.78 Å². The van der Waals surface area contributed by atoms with Crippen molar-refractivity contribution in [3.8, 4) is 10.6 Å². The van der Waals surface area contributed by atoms with Gasteiger partial charge >= 0.3 is 5.97 Å². The zero-order chi connectivity index (χ0) is 18.0. The number of rotatable bonds is 5. The summed E-state index contributed by atoms with van der Waals surface area (Å²) < 4.78 is 5.42. The fourth-order valence-corrected chi connectivity index (χ4v) is 4.29. The number of carbonyl (C=O) groups is 1. The lowest BCUT2D eigenvalue weighted by molar-refractivity contribution is 0.0468. The Morgan fingerprint density at radius 3 is 2.52 bits per heavy atom. The Balaban J connectivity index is 1.65. The first-order chi connectivity index (χ1) is 11.9. The highest BCUT2D eigenvalue weighted by Crippen LogP contribution is 2.26. The van der Waals surface area contributed by atoms with Crippen molar-refractivity contribution < 1.29 is 9.53 Å². The van der Waals surface area contributed by atoms with E-state index in [9.17, 15) is 4.79 Å². The van der Waals surface area contributed by atoms with Gasteiger partial charge in [0.15, 0.2) is 0 Å². The molecule has 0 aliphatic carbocycles. The molecule has 0 aliphatic rings. The first-order valence-electron chi connectivity index (χ1n) is 8.23. The van der Waals surface area contributed by atoms with E-state index in [0.29, 0.717) is 11.5 Å². The van der Waals surface area contributed by atoms with Crippen molar-refractivity contribution in [2.75, 3.05) is 0 Å². The van der Waals surface area contributed by atoms with Crippen molar-refractivity contribution in [3.63, 3.8) is 0 Å². The van der Waals surface area contributed by atoms with E-state index in [1.807, 2.05) is 25.3 Å². The minimum Gasteiger partial charge on any atom is -0.456 e. The van der Waals surface area contributed by atoms with Gasteiger partial charge in [-0.1, -0.05) is 38.1 Å². The maximum Gasteiger partial charge on any atom is 0.339 e. The normalized spacial score (nSPS) is 11.1. The van der Waals surface area contributed by atoms with E-state index in [0.717, 1.165) is 26.0 Å². The maximum atomic E-state index is 12.2. The number of carbonyl (C=O) groups excluding carboxylic acids is 1. The van der Waals surface area contributed by atoms with E-state index in [-0.39, 0.29) is 12.6 Å². The van der Waals surface area contributed by atoms with Crippen LogP contribution in [0.15, 0.2) is 35.7 Å². The molecule has 0 unspecified atom stereocenters. The standard InChI is InChI=1S/C20H21NO2S2/c1-12(2)15-5-7-16(8-6-15)19-21-17(11-24-19)10-23-20(22)18-9-13(3)25-14(18)4/h5-9,11-12H,10H2,1-4H3. The predicted octanol–water partition coefficient (Wildman–Crippen LogP) is 5.97. The predicted molar refractivity (Wildman–Crippen MR) is 105 cm³/mol. The van der Waals surface area contributed by atoms with Crippen LogP contribution in [0.25, 0.3) is 10.6 Å². The molecule has 2 aromatic heterocycles. The Kier molecular flexibility index (Phi) is 5.35. The number of benzene rings is 1. The summed E-state index contributed by atoms with van der Waals surface area (Å²) in [7, 11) is 0. The van der Waals surface area contributed by atoms with Crippen molar-refractivity contribution >= 4 is 28.6 Å². The minimum absolute atomic E-state index is 0.202. The van der Waals surface area contributed by atoms with Crippen molar-refractivity contribution in [2.24, 2.45) is 0 Å². The lowest BCUT2D eigenvalue weighted by atomic mass is 10.0. The molecule has 0 saturated heterocycles. The van der Waals surface area contributed by atoms with E-state index in [4.69, 9.17) is 4.74 Å². The number of hydrogen-bond donors (Lipinski definition) is 0. The third-order valence-corrected chi connectivity index (χ3v) is 5.89. The van der Waals surface area contributed by atoms with Crippen LogP contribution in [0.4, 0.5) is 0 Å². The SMILES string of the molecule is Cc1cc(C(=O)OCc2csc(-c3ccc(C(C)C)cc3)n2)c(C)s1. The monoisotopic (exact) mass is 371 g/mol. The fraction of sp³-hybridized carbons (Fsp3) is 0.300. The summed E-state index contributed by atoms with van der Waals surface area (Å²) in [5, 5.41) is 2.90. The summed E-state index contributed by atoms with van der Waals surface area (Å²) in [5.41, 5.74) is 3.85. The lowest BCUT2D eigenvalue weighted by Crippen LogP contribution is -2.05. The third kappa shape index (κ3) is 4.17.